The molecular formula is C29H32N3O5+. The van der Waals surface area contributed by atoms with Gasteiger partial charge in [0.2, 0.25) is 11.8 Å². The van der Waals surface area contributed by atoms with Crippen molar-refractivity contribution < 1.29 is 29.2 Å². The first kappa shape index (κ1) is 25.6. The summed E-state index contributed by atoms with van der Waals surface area (Å²) >= 11 is 0. The quantitative estimate of drug-likeness (QED) is 0.553. The van der Waals surface area contributed by atoms with Crippen LogP contribution in [0.5, 0.6) is 11.8 Å². The first-order valence-corrected chi connectivity index (χ1v) is 12.0. The van der Waals surface area contributed by atoms with Crippen LogP contribution in [0, 0.1) is 0 Å². The van der Waals surface area contributed by atoms with E-state index in [0.717, 1.165) is 39.6 Å². The van der Waals surface area contributed by atoms with Gasteiger partial charge in [0.15, 0.2) is 5.71 Å². The summed E-state index contributed by atoms with van der Waals surface area (Å²) in [4.78, 5) is 19.3. The zero-order chi connectivity index (χ0) is 26.5. The number of carbonyl (C=O) groups excluding carboxylic acids is 1. The summed E-state index contributed by atoms with van der Waals surface area (Å²) in [5.41, 5.74) is 5.24. The molecule has 0 atom stereocenters. The van der Waals surface area contributed by atoms with Gasteiger partial charge in [-0.2, -0.15) is 0 Å². The van der Waals surface area contributed by atoms with Crippen molar-refractivity contribution in [2.45, 2.75) is 19.3 Å². The average Bonchev–Trinajstić information content (AvgIpc) is 3.20. The molecule has 0 radical (unpaired) electrons. The Bertz CT molecular complexity index is 1330. The van der Waals surface area contributed by atoms with Crippen LogP contribution in [0.4, 0.5) is 5.69 Å². The van der Waals surface area contributed by atoms with E-state index in [1.54, 1.807) is 0 Å². The zero-order valence-corrected chi connectivity index (χ0v) is 21.5. The van der Waals surface area contributed by atoms with Gasteiger partial charge in [-0.3, -0.25) is 0 Å². The summed E-state index contributed by atoms with van der Waals surface area (Å²) in [7, 11) is 8.02. The lowest BCUT2D eigenvalue weighted by atomic mass is 9.98. The van der Waals surface area contributed by atoms with Gasteiger partial charge in [-0.15, -0.1) is 4.73 Å². The molecule has 0 saturated heterocycles. The minimum atomic E-state index is -0.572. The molecule has 0 fully saturated rings. The Morgan fingerprint density at radius 1 is 0.973 bits per heavy atom. The van der Waals surface area contributed by atoms with E-state index in [-0.39, 0.29) is 18.2 Å². The van der Waals surface area contributed by atoms with E-state index in [0.29, 0.717) is 17.6 Å². The second-order valence-electron chi connectivity index (χ2n) is 9.22. The highest BCUT2D eigenvalue weighted by Gasteiger charge is 2.18. The lowest BCUT2D eigenvalue weighted by Crippen LogP contribution is -2.18. The van der Waals surface area contributed by atoms with Crippen molar-refractivity contribution in [3.8, 4) is 11.8 Å². The smallest absolute Gasteiger partial charge is 0.333 e. The number of nitrogens with zero attached hydrogens (tertiary/aromatic N) is 3. The molecule has 0 saturated carbocycles. The molecule has 8 heteroatoms. The molecule has 0 amide bonds. The number of hydrogen-bond acceptors (Lipinski definition) is 6. The molecule has 0 bridgehead atoms. The first-order chi connectivity index (χ1) is 17.7. The number of anilines is 1. The summed E-state index contributed by atoms with van der Waals surface area (Å²) in [5, 5.41) is 19.3. The van der Waals surface area contributed by atoms with Crippen LogP contribution in [-0.2, 0) is 9.53 Å². The van der Waals surface area contributed by atoms with Crippen molar-refractivity contribution >= 4 is 22.9 Å². The SMILES string of the molecule is CN(C)c1ccc(C2=CC(=C3C=CC(=[N+](C)C)C=C3)OC(CCCC(=O)On3c(O)ccc3O)=C2)cc1. The highest BCUT2D eigenvalue weighted by molar-refractivity contribution is 6.02. The highest BCUT2D eigenvalue weighted by Crippen LogP contribution is 2.32. The van der Waals surface area contributed by atoms with Crippen molar-refractivity contribution in [2.24, 2.45) is 0 Å². The standard InChI is InChI=1S/C29H31N3O5/c1-30(2)23-12-8-20(9-13-23)22-18-25(6-5-7-29(35)37-32-27(33)16-17-28(32)34)36-26(19-22)21-10-14-24(15-11-21)31(3)4/h8-19H,5-7H2,1-4H3,(H-,33,34)/p+1. The van der Waals surface area contributed by atoms with Gasteiger partial charge in [-0.25, -0.2) is 9.37 Å². The van der Waals surface area contributed by atoms with Gasteiger partial charge in [-0.05, 0) is 54.0 Å². The molecule has 2 aliphatic rings. The van der Waals surface area contributed by atoms with Crippen molar-refractivity contribution in [3.63, 3.8) is 0 Å². The molecule has 37 heavy (non-hydrogen) atoms. The Morgan fingerprint density at radius 3 is 2.22 bits per heavy atom. The fourth-order valence-corrected chi connectivity index (χ4v) is 3.91. The predicted octanol–water partition coefficient (Wildman–Crippen LogP) is 4.18. The summed E-state index contributed by atoms with van der Waals surface area (Å²) in [6.45, 7) is 0. The fourth-order valence-electron chi connectivity index (χ4n) is 3.91. The van der Waals surface area contributed by atoms with Gasteiger partial charge < -0.3 is 24.7 Å². The van der Waals surface area contributed by atoms with E-state index < -0.39 is 5.97 Å². The van der Waals surface area contributed by atoms with Crippen molar-refractivity contribution in [1.29, 1.82) is 0 Å². The Labute approximate surface area is 216 Å². The van der Waals surface area contributed by atoms with Gasteiger partial charge in [0, 0.05) is 62.5 Å². The molecule has 0 spiro atoms. The van der Waals surface area contributed by atoms with Crippen LogP contribution in [-0.4, -0.2) is 59.4 Å². The Morgan fingerprint density at radius 2 is 1.62 bits per heavy atom. The molecule has 2 heterocycles. The van der Waals surface area contributed by atoms with E-state index in [9.17, 15) is 15.0 Å². The van der Waals surface area contributed by atoms with Gasteiger partial charge in [0.1, 0.15) is 25.6 Å². The van der Waals surface area contributed by atoms with E-state index in [1.807, 2.05) is 69.2 Å². The maximum Gasteiger partial charge on any atom is 0.333 e. The maximum atomic E-state index is 12.3. The Balaban J connectivity index is 1.53. The lowest BCUT2D eigenvalue weighted by Gasteiger charge is -2.20. The van der Waals surface area contributed by atoms with Gasteiger partial charge in [-0.1, -0.05) is 12.1 Å². The third-order valence-corrected chi connectivity index (χ3v) is 6.02. The normalized spacial score (nSPS) is 14.8. The zero-order valence-electron chi connectivity index (χ0n) is 21.5. The molecule has 2 N–H and O–H groups in total. The third-order valence-electron chi connectivity index (χ3n) is 6.02. The number of benzene rings is 1. The topological polar surface area (TPSA) is 87.2 Å². The number of carbonyl (C=O) groups is 1. The molecule has 4 rings (SSSR count). The molecule has 1 aliphatic carbocycles. The molecular weight excluding hydrogens is 470 g/mol. The van der Waals surface area contributed by atoms with Crippen molar-refractivity contribution in [1.82, 2.24) is 4.73 Å². The van der Waals surface area contributed by atoms with Gasteiger partial charge in [0.25, 0.3) is 0 Å². The number of ether oxygens (including phenoxy) is 1. The number of hydrogen-bond donors (Lipinski definition) is 2. The van der Waals surface area contributed by atoms with E-state index in [4.69, 9.17) is 9.57 Å². The maximum absolute atomic E-state index is 12.3. The monoisotopic (exact) mass is 502 g/mol. The molecule has 1 aromatic carbocycles. The van der Waals surface area contributed by atoms with Crippen molar-refractivity contribution in [3.05, 3.63) is 95.5 Å². The van der Waals surface area contributed by atoms with Crippen LogP contribution < -0.4 is 9.74 Å². The molecule has 1 aliphatic heterocycles. The lowest BCUT2D eigenvalue weighted by molar-refractivity contribution is -0.462. The Kier molecular flexibility index (Phi) is 7.67. The predicted molar refractivity (Wildman–Crippen MR) is 144 cm³/mol. The third kappa shape index (κ3) is 6.22. The Hall–Kier alpha value is -4.46. The van der Waals surface area contributed by atoms with E-state index >= 15 is 0 Å². The van der Waals surface area contributed by atoms with E-state index in [2.05, 4.69) is 29.2 Å². The van der Waals surface area contributed by atoms with Crippen LogP contribution in [0.3, 0.4) is 0 Å². The number of allylic oxidation sites excluding steroid dienone is 9. The summed E-state index contributed by atoms with van der Waals surface area (Å²) in [6.07, 6.45) is 13.2. The average molecular weight is 503 g/mol. The second-order valence-corrected chi connectivity index (χ2v) is 9.22. The molecule has 8 nitrogen and oxygen atoms in total. The minimum absolute atomic E-state index is 0.0845. The molecule has 1 aromatic heterocycles. The van der Waals surface area contributed by atoms with Crippen LogP contribution >= 0.6 is 0 Å². The number of aromatic nitrogens is 1. The summed E-state index contributed by atoms with van der Waals surface area (Å²) < 4.78 is 8.99. The second kappa shape index (κ2) is 11.1. The first-order valence-electron chi connectivity index (χ1n) is 12.0. The van der Waals surface area contributed by atoms with Crippen LogP contribution in [0.25, 0.3) is 5.57 Å². The summed E-state index contributed by atoms with van der Waals surface area (Å²) in [5.74, 6) is 0.203. The van der Waals surface area contributed by atoms with Gasteiger partial charge in [0.05, 0.1) is 0 Å². The van der Waals surface area contributed by atoms with E-state index in [1.165, 1.54) is 12.1 Å². The number of rotatable bonds is 7. The van der Waals surface area contributed by atoms with Crippen molar-refractivity contribution in [2.75, 3.05) is 33.1 Å². The van der Waals surface area contributed by atoms with Crippen LogP contribution in [0.2, 0.25) is 0 Å². The fraction of sp³-hybridized carbons (Fsp3) is 0.241. The van der Waals surface area contributed by atoms with Crippen LogP contribution in [0.1, 0.15) is 24.8 Å². The molecule has 192 valence electrons. The highest BCUT2D eigenvalue weighted by atomic mass is 16.7. The molecule has 2 aromatic rings. The van der Waals surface area contributed by atoms with Gasteiger partial charge >= 0.3 is 5.97 Å². The minimum Gasteiger partial charge on any atom is -0.492 e. The number of aromatic hydroxyl groups is 2. The van der Waals surface area contributed by atoms with Crippen LogP contribution in [0.15, 0.2) is 89.9 Å². The molecule has 0 unspecified atom stereocenters. The summed E-state index contributed by atoms with van der Waals surface area (Å²) in [6, 6.07) is 10.8. The largest absolute Gasteiger partial charge is 0.492 e.